The highest BCUT2D eigenvalue weighted by Gasteiger charge is 2.13. The molecular formula is C11H15N3. The van der Waals surface area contributed by atoms with Crippen LogP contribution >= 0.6 is 0 Å². The Morgan fingerprint density at radius 1 is 1.29 bits per heavy atom. The normalized spacial score (nSPS) is 16.3. The van der Waals surface area contributed by atoms with Crippen molar-refractivity contribution in [1.82, 2.24) is 4.90 Å². The third kappa shape index (κ3) is 1.93. The van der Waals surface area contributed by atoms with E-state index in [1.807, 2.05) is 12.1 Å². The van der Waals surface area contributed by atoms with Crippen molar-refractivity contribution in [2.75, 3.05) is 13.1 Å². The van der Waals surface area contributed by atoms with Crippen LogP contribution in [0.1, 0.15) is 17.5 Å². The predicted octanol–water partition coefficient (Wildman–Crippen LogP) is 1.18. The third-order valence-corrected chi connectivity index (χ3v) is 2.62. The molecule has 1 aromatic carbocycles. The van der Waals surface area contributed by atoms with Crippen LogP contribution in [-0.4, -0.2) is 23.8 Å². The van der Waals surface area contributed by atoms with Gasteiger partial charge in [-0.15, -0.1) is 0 Å². The minimum Gasteiger partial charge on any atom is -0.384 e. The molecule has 74 valence electrons. The lowest BCUT2D eigenvalue weighted by molar-refractivity contribution is 0.172. The van der Waals surface area contributed by atoms with Gasteiger partial charge in [-0.25, -0.2) is 0 Å². The standard InChI is InChI=1S/C11H15N3/c12-11(13)10-4-2-9(3-5-10)8-14-6-1-7-14/h2-5H,1,6-8H2,(H3,12,13). The summed E-state index contributed by atoms with van der Waals surface area (Å²) in [6.07, 6.45) is 1.32. The summed E-state index contributed by atoms with van der Waals surface area (Å²) >= 11 is 0. The predicted molar refractivity (Wildman–Crippen MR) is 57.4 cm³/mol. The molecule has 2 rings (SSSR count). The van der Waals surface area contributed by atoms with E-state index in [-0.39, 0.29) is 5.84 Å². The van der Waals surface area contributed by atoms with Crippen molar-refractivity contribution < 1.29 is 0 Å². The largest absolute Gasteiger partial charge is 0.384 e. The molecule has 1 fully saturated rings. The highest BCUT2D eigenvalue weighted by Crippen LogP contribution is 2.12. The van der Waals surface area contributed by atoms with Crippen LogP contribution < -0.4 is 5.73 Å². The van der Waals surface area contributed by atoms with Crippen molar-refractivity contribution in [3.63, 3.8) is 0 Å². The van der Waals surface area contributed by atoms with E-state index in [0.717, 1.165) is 12.1 Å². The first-order valence-electron chi connectivity index (χ1n) is 4.91. The van der Waals surface area contributed by atoms with Crippen molar-refractivity contribution in [3.05, 3.63) is 35.4 Å². The molecular weight excluding hydrogens is 174 g/mol. The van der Waals surface area contributed by atoms with Gasteiger partial charge in [0.25, 0.3) is 0 Å². The molecule has 1 heterocycles. The van der Waals surface area contributed by atoms with Gasteiger partial charge in [-0.2, -0.15) is 0 Å². The van der Waals surface area contributed by atoms with Gasteiger partial charge < -0.3 is 5.73 Å². The molecule has 0 aromatic heterocycles. The van der Waals surface area contributed by atoms with Gasteiger partial charge in [0.05, 0.1) is 0 Å². The fourth-order valence-corrected chi connectivity index (χ4v) is 1.59. The fraction of sp³-hybridized carbons (Fsp3) is 0.364. The number of benzene rings is 1. The molecule has 0 atom stereocenters. The van der Waals surface area contributed by atoms with Gasteiger partial charge in [0.15, 0.2) is 0 Å². The van der Waals surface area contributed by atoms with E-state index in [2.05, 4.69) is 17.0 Å². The zero-order valence-corrected chi connectivity index (χ0v) is 8.16. The van der Waals surface area contributed by atoms with Crippen LogP contribution in [0.2, 0.25) is 0 Å². The van der Waals surface area contributed by atoms with Gasteiger partial charge in [-0.1, -0.05) is 24.3 Å². The second-order valence-corrected chi connectivity index (χ2v) is 3.74. The van der Waals surface area contributed by atoms with Crippen LogP contribution in [0.5, 0.6) is 0 Å². The Balaban J connectivity index is 2.01. The lowest BCUT2D eigenvalue weighted by atomic mass is 10.1. The highest BCUT2D eigenvalue weighted by atomic mass is 15.2. The quantitative estimate of drug-likeness (QED) is 0.554. The summed E-state index contributed by atoms with van der Waals surface area (Å²) < 4.78 is 0. The fourth-order valence-electron chi connectivity index (χ4n) is 1.59. The van der Waals surface area contributed by atoms with Crippen LogP contribution in [0.15, 0.2) is 24.3 Å². The van der Waals surface area contributed by atoms with Gasteiger partial charge in [-0.3, -0.25) is 10.3 Å². The summed E-state index contributed by atoms with van der Waals surface area (Å²) in [5.74, 6) is 0.139. The van der Waals surface area contributed by atoms with E-state index in [9.17, 15) is 0 Å². The molecule has 1 aromatic rings. The van der Waals surface area contributed by atoms with E-state index in [1.54, 1.807) is 0 Å². The molecule has 3 nitrogen and oxygen atoms in total. The lowest BCUT2D eigenvalue weighted by Crippen LogP contribution is -2.36. The molecule has 14 heavy (non-hydrogen) atoms. The zero-order valence-electron chi connectivity index (χ0n) is 8.16. The summed E-state index contributed by atoms with van der Waals surface area (Å²) in [7, 11) is 0. The maximum Gasteiger partial charge on any atom is 0.122 e. The molecule has 3 N–H and O–H groups in total. The molecule has 0 aliphatic carbocycles. The number of nitrogens with zero attached hydrogens (tertiary/aromatic N) is 1. The number of hydrogen-bond acceptors (Lipinski definition) is 2. The summed E-state index contributed by atoms with van der Waals surface area (Å²) in [6, 6.07) is 7.93. The third-order valence-electron chi connectivity index (χ3n) is 2.62. The van der Waals surface area contributed by atoms with Gasteiger partial charge in [-0.05, 0) is 25.1 Å². The molecule has 1 aliphatic rings. The van der Waals surface area contributed by atoms with E-state index in [1.165, 1.54) is 25.1 Å². The molecule has 0 bridgehead atoms. The average molecular weight is 189 g/mol. The van der Waals surface area contributed by atoms with Gasteiger partial charge in [0.2, 0.25) is 0 Å². The first kappa shape index (κ1) is 9.21. The Bertz CT molecular complexity index is 325. The molecule has 0 radical (unpaired) electrons. The number of nitrogens with one attached hydrogen (secondary N) is 1. The van der Waals surface area contributed by atoms with E-state index in [4.69, 9.17) is 11.1 Å². The summed E-state index contributed by atoms with van der Waals surface area (Å²) in [5, 5.41) is 7.26. The molecule has 0 unspecified atom stereocenters. The Morgan fingerprint density at radius 3 is 2.36 bits per heavy atom. The molecule has 1 saturated heterocycles. The molecule has 0 saturated carbocycles. The van der Waals surface area contributed by atoms with Gasteiger partial charge in [0, 0.05) is 12.1 Å². The smallest absolute Gasteiger partial charge is 0.122 e. The van der Waals surface area contributed by atoms with Crippen LogP contribution in [-0.2, 0) is 6.54 Å². The number of amidine groups is 1. The Hall–Kier alpha value is -1.35. The first-order valence-corrected chi connectivity index (χ1v) is 4.91. The van der Waals surface area contributed by atoms with Crippen LogP contribution in [0.4, 0.5) is 0 Å². The Morgan fingerprint density at radius 2 is 1.93 bits per heavy atom. The Labute approximate surface area is 84.0 Å². The summed E-state index contributed by atoms with van der Waals surface area (Å²) in [6.45, 7) is 3.46. The topological polar surface area (TPSA) is 53.1 Å². The van der Waals surface area contributed by atoms with E-state index >= 15 is 0 Å². The number of nitrogen functional groups attached to an aromatic ring is 1. The van der Waals surface area contributed by atoms with E-state index < -0.39 is 0 Å². The van der Waals surface area contributed by atoms with Gasteiger partial charge >= 0.3 is 0 Å². The lowest BCUT2D eigenvalue weighted by Gasteiger charge is -2.30. The minimum atomic E-state index is 0.139. The summed E-state index contributed by atoms with van der Waals surface area (Å²) in [5.41, 5.74) is 7.48. The molecule has 0 spiro atoms. The molecule has 0 amide bonds. The zero-order chi connectivity index (χ0) is 9.97. The monoisotopic (exact) mass is 189 g/mol. The second kappa shape index (κ2) is 3.80. The van der Waals surface area contributed by atoms with Gasteiger partial charge in [0.1, 0.15) is 5.84 Å². The van der Waals surface area contributed by atoms with Crippen molar-refractivity contribution >= 4 is 5.84 Å². The number of nitrogens with two attached hydrogens (primary N) is 1. The highest BCUT2D eigenvalue weighted by molar-refractivity contribution is 5.94. The SMILES string of the molecule is N=C(N)c1ccc(CN2CCC2)cc1. The molecule has 3 heteroatoms. The summed E-state index contributed by atoms with van der Waals surface area (Å²) in [4.78, 5) is 2.41. The van der Waals surface area contributed by atoms with Crippen molar-refractivity contribution in [3.8, 4) is 0 Å². The van der Waals surface area contributed by atoms with Crippen LogP contribution in [0, 0.1) is 5.41 Å². The average Bonchev–Trinajstić information content (AvgIpc) is 2.12. The number of hydrogen-bond donors (Lipinski definition) is 2. The second-order valence-electron chi connectivity index (χ2n) is 3.74. The number of rotatable bonds is 3. The van der Waals surface area contributed by atoms with Crippen molar-refractivity contribution in [1.29, 1.82) is 5.41 Å². The maximum atomic E-state index is 7.26. The minimum absolute atomic E-state index is 0.139. The maximum absolute atomic E-state index is 7.26. The van der Waals surface area contributed by atoms with Crippen LogP contribution in [0.25, 0.3) is 0 Å². The Kier molecular flexibility index (Phi) is 2.50. The number of likely N-dealkylation sites (tertiary alicyclic amines) is 1. The van der Waals surface area contributed by atoms with Crippen LogP contribution in [0.3, 0.4) is 0 Å². The van der Waals surface area contributed by atoms with E-state index in [0.29, 0.717) is 0 Å². The first-order chi connectivity index (χ1) is 6.75. The van der Waals surface area contributed by atoms with Crippen molar-refractivity contribution in [2.24, 2.45) is 5.73 Å². The molecule has 1 aliphatic heterocycles. The van der Waals surface area contributed by atoms with Crippen molar-refractivity contribution in [2.45, 2.75) is 13.0 Å².